The molecule has 4 N–H and O–H groups in total. The highest BCUT2D eigenvalue weighted by atomic mass is 32.2. The van der Waals surface area contributed by atoms with Gasteiger partial charge >= 0.3 is 0 Å². The second-order valence-electron chi connectivity index (χ2n) is 12.1. The SMILES string of the molecule is CSCC(=O)NCCN(CCNC(=O)CSC)C(=O)CNC(=O)COCCOCCNC(=O)CSC1CCCCCCCCCCCCC1. The van der Waals surface area contributed by atoms with Gasteiger partial charge in [-0.3, -0.25) is 24.0 Å². The normalized spacial score (nSPS) is 15.1. The molecule has 0 aromatic carbocycles. The fraction of sp³-hybridized carbons (Fsp3) is 0.853. The first-order valence-corrected chi connectivity index (χ1v) is 21.8. The van der Waals surface area contributed by atoms with Gasteiger partial charge < -0.3 is 35.6 Å². The standard InChI is InChI=1S/C34H63N5O7S3/c1-47-26-31(41)35-16-19-39(20-17-36-32(42)27-48-2)34(44)24-38-30(40)25-46-23-22-45-21-18-37-33(43)28-49-29-14-12-10-8-6-4-3-5-7-9-11-13-15-29/h29H,3-28H2,1-2H3,(H,35,41)(H,36,42)(H,37,43)(H,38,40). The molecule has 284 valence electrons. The Morgan fingerprint density at radius 2 is 1.04 bits per heavy atom. The number of hydrogen-bond donors (Lipinski definition) is 4. The van der Waals surface area contributed by atoms with Crippen LogP contribution in [0.1, 0.15) is 83.5 Å². The smallest absolute Gasteiger partial charge is 0.246 e. The Hall–Kier alpha value is -1.68. The average molecular weight is 750 g/mol. The van der Waals surface area contributed by atoms with Crippen LogP contribution in [0.25, 0.3) is 0 Å². The fourth-order valence-electron chi connectivity index (χ4n) is 5.26. The van der Waals surface area contributed by atoms with Crippen LogP contribution in [0.15, 0.2) is 0 Å². The van der Waals surface area contributed by atoms with E-state index in [9.17, 15) is 24.0 Å². The van der Waals surface area contributed by atoms with Gasteiger partial charge in [0.2, 0.25) is 29.5 Å². The molecule has 1 fully saturated rings. The largest absolute Gasteiger partial charge is 0.377 e. The number of carbonyl (C=O) groups excluding carboxylic acids is 5. The number of rotatable bonds is 23. The van der Waals surface area contributed by atoms with E-state index in [1.807, 2.05) is 12.5 Å². The molecule has 12 nitrogen and oxygen atoms in total. The van der Waals surface area contributed by atoms with Crippen LogP contribution < -0.4 is 21.3 Å². The second kappa shape index (κ2) is 32.2. The van der Waals surface area contributed by atoms with Crippen molar-refractivity contribution >= 4 is 64.8 Å². The summed E-state index contributed by atoms with van der Waals surface area (Å²) in [5.74, 6) is 0.162. The van der Waals surface area contributed by atoms with Crippen molar-refractivity contribution in [2.45, 2.75) is 88.7 Å². The molecule has 0 aliphatic heterocycles. The highest BCUT2D eigenvalue weighted by Gasteiger charge is 2.16. The summed E-state index contributed by atoms with van der Waals surface area (Å²) < 4.78 is 10.9. The zero-order chi connectivity index (χ0) is 35.8. The van der Waals surface area contributed by atoms with Crippen LogP contribution in [0.3, 0.4) is 0 Å². The van der Waals surface area contributed by atoms with E-state index in [4.69, 9.17) is 9.47 Å². The summed E-state index contributed by atoms with van der Waals surface area (Å²) in [4.78, 5) is 62.4. The van der Waals surface area contributed by atoms with Crippen LogP contribution in [-0.2, 0) is 33.4 Å². The van der Waals surface area contributed by atoms with Crippen molar-refractivity contribution in [3.8, 4) is 0 Å². The van der Waals surface area contributed by atoms with Gasteiger partial charge in [-0.2, -0.15) is 23.5 Å². The van der Waals surface area contributed by atoms with Gasteiger partial charge in [-0.1, -0.05) is 70.6 Å². The lowest BCUT2D eigenvalue weighted by Crippen LogP contribution is -2.47. The third-order valence-corrected chi connectivity index (χ3v) is 10.4. The molecule has 1 saturated carbocycles. The van der Waals surface area contributed by atoms with Crippen molar-refractivity contribution in [3.05, 3.63) is 0 Å². The molecule has 0 bridgehead atoms. The van der Waals surface area contributed by atoms with Crippen molar-refractivity contribution in [2.75, 3.05) is 95.5 Å². The first-order chi connectivity index (χ1) is 23.8. The summed E-state index contributed by atoms with van der Waals surface area (Å²) in [5.41, 5.74) is 0. The summed E-state index contributed by atoms with van der Waals surface area (Å²) in [5, 5.41) is 11.6. The number of ether oxygens (including phenoxy) is 2. The maximum atomic E-state index is 12.8. The minimum Gasteiger partial charge on any atom is -0.377 e. The number of thioether (sulfide) groups is 3. The molecule has 1 aliphatic carbocycles. The molecule has 0 spiro atoms. The van der Waals surface area contributed by atoms with Crippen LogP contribution in [-0.4, -0.2) is 135 Å². The zero-order valence-corrected chi connectivity index (χ0v) is 32.4. The van der Waals surface area contributed by atoms with E-state index < -0.39 is 5.91 Å². The predicted molar refractivity (Wildman–Crippen MR) is 203 cm³/mol. The lowest BCUT2D eigenvalue weighted by atomic mass is 10.0. The van der Waals surface area contributed by atoms with E-state index in [0.29, 0.717) is 35.7 Å². The monoisotopic (exact) mass is 749 g/mol. The fourth-order valence-corrected chi connectivity index (χ4v) is 7.15. The molecule has 0 heterocycles. The molecule has 0 unspecified atom stereocenters. The highest BCUT2D eigenvalue weighted by Crippen LogP contribution is 2.25. The van der Waals surface area contributed by atoms with E-state index in [1.165, 1.54) is 112 Å². The summed E-state index contributed by atoms with van der Waals surface area (Å²) in [6.07, 6.45) is 20.7. The number of hydrogen-bond acceptors (Lipinski definition) is 10. The quantitative estimate of drug-likeness (QED) is 0.115. The minimum atomic E-state index is -0.438. The Morgan fingerprint density at radius 1 is 0.571 bits per heavy atom. The van der Waals surface area contributed by atoms with Gasteiger partial charge in [-0.15, -0.1) is 11.8 Å². The van der Waals surface area contributed by atoms with Gasteiger partial charge in [0.15, 0.2) is 0 Å². The Balaban J connectivity index is 2.19. The number of amides is 5. The molecule has 0 atom stereocenters. The molecule has 15 heteroatoms. The van der Waals surface area contributed by atoms with E-state index >= 15 is 0 Å². The molecule has 0 aromatic rings. The first kappa shape index (κ1) is 45.3. The predicted octanol–water partition coefficient (Wildman–Crippen LogP) is 3.23. The van der Waals surface area contributed by atoms with E-state index in [0.717, 1.165) is 0 Å². The molecule has 5 amide bonds. The molecule has 49 heavy (non-hydrogen) atoms. The first-order valence-electron chi connectivity index (χ1n) is 17.9. The molecule has 1 rings (SSSR count). The average Bonchev–Trinajstić information content (AvgIpc) is 3.08. The van der Waals surface area contributed by atoms with Gasteiger partial charge in [0.25, 0.3) is 0 Å². The number of carbonyl (C=O) groups is 5. The lowest BCUT2D eigenvalue weighted by molar-refractivity contribution is -0.134. The van der Waals surface area contributed by atoms with Crippen LogP contribution in [0.5, 0.6) is 0 Å². The topological polar surface area (TPSA) is 155 Å². The summed E-state index contributed by atoms with van der Waals surface area (Å²) in [7, 11) is 0. The molecule has 0 aromatic heterocycles. The summed E-state index contributed by atoms with van der Waals surface area (Å²) in [6.45, 7) is 1.84. The maximum Gasteiger partial charge on any atom is 0.246 e. The van der Waals surface area contributed by atoms with Gasteiger partial charge in [-0.05, 0) is 25.4 Å². The Labute approximate surface area is 307 Å². The molecular weight excluding hydrogens is 687 g/mol. The van der Waals surface area contributed by atoms with Gasteiger partial charge in [-0.25, -0.2) is 0 Å². The van der Waals surface area contributed by atoms with Crippen LogP contribution in [0.4, 0.5) is 0 Å². The zero-order valence-electron chi connectivity index (χ0n) is 30.0. The van der Waals surface area contributed by atoms with Crippen LogP contribution in [0, 0.1) is 0 Å². The summed E-state index contributed by atoms with van der Waals surface area (Å²) in [6, 6.07) is 0. The number of nitrogens with zero attached hydrogens (tertiary/aromatic N) is 1. The third-order valence-electron chi connectivity index (χ3n) is 7.92. The third kappa shape index (κ3) is 27.7. The van der Waals surface area contributed by atoms with Crippen LogP contribution >= 0.6 is 35.3 Å². The van der Waals surface area contributed by atoms with Crippen molar-refractivity contribution in [1.82, 2.24) is 26.2 Å². The van der Waals surface area contributed by atoms with E-state index in [-0.39, 0.29) is 76.2 Å². The van der Waals surface area contributed by atoms with Gasteiger partial charge in [0.05, 0.1) is 43.6 Å². The highest BCUT2D eigenvalue weighted by molar-refractivity contribution is 8.00. The van der Waals surface area contributed by atoms with Gasteiger partial charge in [0.1, 0.15) is 6.61 Å². The Kier molecular flexibility index (Phi) is 29.8. The molecule has 1 aliphatic rings. The Bertz CT molecular complexity index is 881. The van der Waals surface area contributed by atoms with Crippen molar-refractivity contribution in [1.29, 1.82) is 0 Å². The lowest BCUT2D eigenvalue weighted by Gasteiger charge is -2.23. The molecule has 0 saturated heterocycles. The molecular formula is C34H63N5O7S3. The van der Waals surface area contributed by atoms with Crippen LogP contribution in [0.2, 0.25) is 0 Å². The van der Waals surface area contributed by atoms with E-state index in [2.05, 4.69) is 21.3 Å². The molecule has 0 radical (unpaired) electrons. The van der Waals surface area contributed by atoms with Crippen molar-refractivity contribution in [2.24, 2.45) is 0 Å². The van der Waals surface area contributed by atoms with E-state index in [1.54, 1.807) is 11.8 Å². The van der Waals surface area contributed by atoms with Gasteiger partial charge in [0, 0.05) is 38.0 Å². The van der Waals surface area contributed by atoms with Crippen molar-refractivity contribution in [3.63, 3.8) is 0 Å². The minimum absolute atomic E-state index is 0.0368. The summed E-state index contributed by atoms with van der Waals surface area (Å²) >= 11 is 4.61. The number of nitrogens with one attached hydrogen (secondary N) is 4. The maximum absolute atomic E-state index is 12.8. The van der Waals surface area contributed by atoms with Crippen molar-refractivity contribution < 1.29 is 33.4 Å². The Morgan fingerprint density at radius 3 is 1.57 bits per heavy atom. The second-order valence-corrected chi connectivity index (χ2v) is 15.2.